The van der Waals surface area contributed by atoms with Gasteiger partial charge in [-0.1, -0.05) is 54.6 Å². The third kappa shape index (κ3) is 3.85. The molecule has 2 saturated carbocycles. The fraction of sp³-hybridized carbons (Fsp3) is 0.370. The van der Waals surface area contributed by atoms with E-state index in [0.717, 1.165) is 17.5 Å². The Labute approximate surface area is 198 Å². The van der Waals surface area contributed by atoms with E-state index in [2.05, 4.69) is 41.5 Å². The van der Waals surface area contributed by atoms with Crippen LogP contribution >= 0.6 is 0 Å². The van der Waals surface area contributed by atoms with Crippen LogP contribution in [0.1, 0.15) is 42.7 Å². The number of benzene rings is 2. The van der Waals surface area contributed by atoms with Crippen LogP contribution in [0, 0.1) is 11.3 Å². The van der Waals surface area contributed by atoms with Crippen molar-refractivity contribution < 1.29 is 24.2 Å². The molecule has 1 unspecified atom stereocenters. The number of hydrogen-bond donors (Lipinski definition) is 3. The lowest BCUT2D eigenvalue weighted by Gasteiger charge is -2.20. The second-order valence-corrected chi connectivity index (χ2v) is 9.55. The average molecular weight is 461 g/mol. The van der Waals surface area contributed by atoms with Crippen molar-refractivity contribution in [1.82, 2.24) is 10.6 Å². The molecule has 7 nitrogen and oxygen atoms in total. The number of rotatable bonds is 8. The maximum absolute atomic E-state index is 12.8. The van der Waals surface area contributed by atoms with Crippen LogP contribution in [0.2, 0.25) is 0 Å². The average Bonchev–Trinajstić information content (AvgIpc) is 3.25. The zero-order valence-electron chi connectivity index (χ0n) is 18.8. The van der Waals surface area contributed by atoms with E-state index in [1.54, 1.807) is 0 Å². The monoisotopic (exact) mass is 460 g/mol. The van der Waals surface area contributed by atoms with Crippen molar-refractivity contribution in [2.75, 3.05) is 6.61 Å². The first kappa shape index (κ1) is 22.2. The smallest absolute Gasteiger partial charge is 0.407 e. The number of carbonyl (C=O) groups is 3. The van der Waals surface area contributed by atoms with E-state index < -0.39 is 23.5 Å². The van der Waals surface area contributed by atoms with E-state index in [9.17, 15) is 19.5 Å². The van der Waals surface area contributed by atoms with Crippen molar-refractivity contribution in [3.8, 4) is 11.1 Å². The van der Waals surface area contributed by atoms with Gasteiger partial charge in [-0.15, -0.1) is 6.58 Å². The Hall–Kier alpha value is -3.61. The molecule has 0 radical (unpaired) electrons. The van der Waals surface area contributed by atoms with E-state index in [4.69, 9.17) is 4.74 Å². The summed E-state index contributed by atoms with van der Waals surface area (Å²) in [7, 11) is 0. The number of amides is 2. The van der Waals surface area contributed by atoms with Gasteiger partial charge >= 0.3 is 12.1 Å². The standard InChI is InChI=1S/C27H28N2O5/c1-2-7-23(24(30)31)29-25(32)27-13-16(27)12-17(14-27)28-26(33)34-15-22-20-10-5-3-8-18(20)19-9-4-6-11-21(19)22/h2-6,8-11,16-17,22-23H,1,7,12-15H2,(H,28,33)(H,29,32)(H,30,31)/t16-,17+,23?,27+/m1/s1. The van der Waals surface area contributed by atoms with Gasteiger partial charge in [0.05, 0.1) is 5.41 Å². The number of carboxylic acids is 1. The molecule has 0 spiro atoms. The third-order valence-corrected chi connectivity index (χ3v) is 7.54. The van der Waals surface area contributed by atoms with Gasteiger partial charge < -0.3 is 20.5 Å². The molecule has 2 amide bonds. The molecule has 3 aliphatic carbocycles. The lowest BCUT2D eigenvalue weighted by atomic mass is 9.98. The molecule has 34 heavy (non-hydrogen) atoms. The molecule has 0 saturated heterocycles. The summed E-state index contributed by atoms with van der Waals surface area (Å²) in [5, 5.41) is 14.9. The summed E-state index contributed by atoms with van der Waals surface area (Å²) >= 11 is 0. The zero-order valence-corrected chi connectivity index (χ0v) is 18.8. The first-order chi connectivity index (χ1) is 16.4. The first-order valence-corrected chi connectivity index (χ1v) is 11.7. The fourth-order valence-electron chi connectivity index (χ4n) is 5.78. The number of carboxylic acid groups (broad SMARTS) is 1. The van der Waals surface area contributed by atoms with Crippen LogP contribution in [0.3, 0.4) is 0 Å². The van der Waals surface area contributed by atoms with E-state index in [0.29, 0.717) is 12.8 Å². The summed E-state index contributed by atoms with van der Waals surface area (Å²) in [5.41, 5.74) is 4.07. The highest BCUT2D eigenvalue weighted by molar-refractivity contribution is 5.90. The van der Waals surface area contributed by atoms with E-state index in [1.807, 2.05) is 24.3 Å². The summed E-state index contributed by atoms with van der Waals surface area (Å²) in [4.78, 5) is 36.8. The zero-order chi connectivity index (χ0) is 23.9. The number of aliphatic carboxylic acids is 1. The highest BCUT2D eigenvalue weighted by atomic mass is 16.5. The van der Waals surface area contributed by atoms with Crippen LogP contribution < -0.4 is 10.6 Å². The van der Waals surface area contributed by atoms with Crippen LogP contribution in [0.25, 0.3) is 11.1 Å². The lowest BCUT2D eigenvalue weighted by Crippen LogP contribution is -2.45. The molecule has 0 bridgehead atoms. The molecule has 4 atom stereocenters. The van der Waals surface area contributed by atoms with Gasteiger partial charge in [0.1, 0.15) is 12.6 Å². The van der Waals surface area contributed by atoms with Gasteiger partial charge in [0.25, 0.3) is 0 Å². The molecule has 0 heterocycles. The van der Waals surface area contributed by atoms with Gasteiger partial charge in [-0.25, -0.2) is 9.59 Å². The minimum atomic E-state index is -1.08. The molecule has 0 aromatic heterocycles. The summed E-state index contributed by atoms with van der Waals surface area (Å²) in [6, 6.07) is 15.2. The third-order valence-electron chi connectivity index (χ3n) is 7.54. The second-order valence-electron chi connectivity index (χ2n) is 9.55. The van der Waals surface area contributed by atoms with Gasteiger partial charge in [0.15, 0.2) is 0 Å². The summed E-state index contributed by atoms with van der Waals surface area (Å²) in [5.74, 6) is -1.17. The van der Waals surface area contributed by atoms with E-state index >= 15 is 0 Å². The minimum absolute atomic E-state index is 0.00920. The SMILES string of the molecule is C=CCC(NC(=O)[C@@]12C[C@@H](NC(=O)OCC3c4ccccc4-c4ccccc43)C[C@@H]1C2)C(=O)O. The number of fused-ring (bicyclic) bond motifs is 4. The maximum Gasteiger partial charge on any atom is 0.407 e. The van der Waals surface area contributed by atoms with Gasteiger partial charge in [-0.2, -0.15) is 0 Å². The van der Waals surface area contributed by atoms with Gasteiger partial charge in [0, 0.05) is 12.0 Å². The fourth-order valence-corrected chi connectivity index (χ4v) is 5.78. The van der Waals surface area contributed by atoms with Gasteiger partial charge in [-0.3, -0.25) is 4.79 Å². The van der Waals surface area contributed by atoms with Crippen molar-refractivity contribution in [3.63, 3.8) is 0 Å². The van der Waals surface area contributed by atoms with Crippen LogP contribution in [0.15, 0.2) is 61.2 Å². The van der Waals surface area contributed by atoms with Gasteiger partial charge in [-0.05, 0) is 53.9 Å². The second kappa shape index (κ2) is 8.63. The summed E-state index contributed by atoms with van der Waals surface area (Å²) in [6.07, 6.45) is 3.08. The van der Waals surface area contributed by atoms with Crippen LogP contribution in [0.5, 0.6) is 0 Å². The molecule has 3 N–H and O–H groups in total. The highest BCUT2D eigenvalue weighted by Crippen LogP contribution is 2.63. The largest absolute Gasteiger partial charge is 0.480 e. The van der Waals surface area contributed by atoms with Crippen molar-refractivity contribution >= 4 is 18.0 Å². The van der Waals surface area contributed by atoms with Crippen molar-refractivity contribution in [2.45, 2.75) is 43.7 Å². The lowest BCUT2D eigenvalue weighted by molar-refractivity contribution is -0.142. The van der Waals surface area contributed by atoms with E-state index in [-0.39, 0.29) is 36.8 Å². The van der Waals surface area contributed by atoms with Crippen molar-refractivity contribution in [3.05, 3.63) is 72.3 Å². The van der Waals surface area contributed by atoms with Crippen LogP contribution in [-0.4, -0.2) is 41.8 Å². The highest BCUT2D eigenvalue weighted by Gasteiger charge is 2.65. The van der Waals surface area contributed by atoms with Crippen molar-refractivity contribution in [1.29, 1.82) is 0 Å². The molecule has 2 aromatic rings. The van der Waals surface area contributed by atoms with E-state index in [1.165, 1.54) is 17.2 Å². The predicted molar refractivity (Wildman–Crippen MR) is 126 cm³/mol. The predicted octanol–water partition coefficient (Wildman–Crippen LogP) is 3.84. The molecule has 2 aromatic carbocycles. The molecule has 7 heteroatoms. The molecule has 2 fully saturated rings. The number of ether oxygens (including phenoxy) is 1. The topological polar surface area (TPSA) is 105 Å². The maximum atomic E-state index is 12.8. The van der Waals surface area contributed by atoms with Gasteiger partial charge in [0.2, 0.25) is 5.91 Å². The number of carbonyl (C=O) groups excluding carboxylic acids is 2. The molecular formula is C27H28N2O5. The number of hydrogen-bond acceptors (Lipinski definition) is 4. The molecular weight excluding hydrogens is 432 g/mol. The number of alkyl carbamates (subject to hydrolysis) is 1. The molecule has 5 rings (SSSR count). The minimum Gasteiger partial charge on any atom is -0.480 e. The first-order valence-electron chi connectivity index (χ1n) is 11.7. The van der Waals surface area contributed by atoms with Crippen molar-refractivity contribution in [2.24, 2.45) is 11.3 Å². The van der Waals surface area contributed by atoms with Crippen LogP contribution in [-0.2, 0) is 14.3 Å². The molecule has 176 valence electrons. The number of nitrogens with one attached hydrogen (secondary N) is 2. The van der Waals surface area contributed by atoms with Crippen LogP contribution in [0.4, 0.5) is 4.79 Å². The normalized spacial score (nSPS) is 24.8. The summed E-state index contributed by atoms with van der Waals surface area (Å²) in [6.45, 7) is 3.79. The molecule has 3 aliphatic rings. The molecule has 0 aliphatic heterocycles. The Bertz CT molecular complexity index is 1120. The Morgan fingerprint density at radius 3 is 2.35 bits per heavy atom. The Morgan fingerprint density at radius 1 is 1.09 bits per heavy atom. The Morgan fingerprint density at radius 2 is 1.74 bits per heavy atom. The Kier molecular flexibility index (Phi) is 5.63. The quantitative estimate of drug-likeness (QED) is 0.519. The Balaban J connectivity index is 1.17. The summed E-state index contributed by atoms with van der Waals surface area (Å²) < 4.78 is 5.63.